The zero-order valence-corrected chi connectivity index (χ0v) is 12.7. The van der Waals surface area contributed by atoms with Crippen LogP contribution in [0.15, 0.2) is 24.3 Å². The predicted molar refractivity (Wildman–Crippen MR) is 82.7 cm³/mol. The largest absolute Gasteiger partial charge is 0.381 e. The van der Waals surface area contributed by atoms with E-state index in [-0.39, 0.29) is 5.91 Å². The number of anilines is 1. The molecule has 2 rings (SSSR count). The van der Waals surface area contributed by atoms with Gasteiger partial charge in [0.05, 0.1) is 0 Å². The topological polar surface area (TPSA) is 35.6 Å². The first-order valence-electron chi connectivity index (χ1n) is 7.31. The Hall–Kier alpha value is -1.55. The number of benzene rings is 1. The fourth-order valence-corrected chi connectivity index (χ4v) is 2.67. The highest BCUT2D eigenvalue weighted by atomic mass is 16.2. The van der Waals surface area contributed by atoms with Crippen molar-refractivity contribution >= 4 is 11.6 Å². The Balaban J connectivity index is 2.05. The Morgan fingerprint density at radius 2 is 2.20 bits per heavy atom. The lowest BCUT2D eigenvalue weighted by atomic mass is 10.0. The van der Waals surface area contributed by atoms with Crippen LogP contribution in [0.1, 0.15) is 25.3 Å². The average Bonchev–Trinajstić information content (AvgIpc) is 2.41. The van der Waals surface area contributed by atoms with Crippen molar-refractivity contribution in [2.24, 2.45) is 0 Å². The van der Waals surface area contributed by atoms with Crippen molar-refractivity contribution in [3.8, 4) is 0 Å². The molecule has 110 valence electrons. The molecule has 0 radical (unpaired) electrons. The van der Waals surface area contributed by atoms with Crippen LogP contribution in [0.4, 0.5) is 5.69 Å². The van der Waals surface area contributed by atoms with Gasteiger partial charge in [0.2, 0.25) is 5.91 Å². The van der Waals surface area contributed by atoms with Gasteiger partial charge in [0.1, 0.15) is 0 Å². The quantitative estimate of drug-likeness (QED) is 0.915. The molecule has 0 spiro atoms. The summed E-state index contributed by atoms with van der Waals surface area (Å²) in [7, 11) is 4.01. The van der Waals surface area contributed by atoms with Crippen LogP contribution in [0.3, 0.4) is 0 Å². The SMILES string of the molecule is CC(=O)N(C)Cc1ccccc1NC1CCCN(C)C1. The van der Waals surface area contributed by atoms with Crippen LogP contribution in [-0.2, 0) is 11.3 Å². The van der Waals surface area contributed by atoms with Crippen LogP contribution < -0.4 is 5.32 Å². The number of amides is 1. The molecule has 1 aliphatic heterocycles. The molecule has 0 bridgehead atoms. The van der Waals surface area contributed by atoms with Gasteiger partial charge in [-0.3, -0.25) is 4.79 Å². The van der Waals surface area contributed by atoms with Crippen molar-refractivity contribution in [2.75, 3.05) is 32.5 Å². The number of nitrogens with one attached hydrogen (secondary N) is 1. The van der Waals surface area contributed by atoms with E-state index < -0.39 is 0 Å². The third-order valence-electron chi connectivity index (χ3n) is 3.95. The smallest absolute Gasteiger partial charge is 0.219 e. The number of hydrogen-bond acceptors (Lipinski definition) is 3. The minimum Gasteiger partial charge on any atom is -0.381 e. The summed E-state index contributed by atoms with van der Waals surface area (Å²) in [5.74, 6) is 0.0946. The first kappa shape index (κ1) is 14.9. The van der Waals surface area contributed by atoms with Gasteiger partial charge in [0.15, 0.2) is 0 Å². The van der Waals surface area contributed by atoms with Gasteiger partial charge in [-0.1, -0.05) is 18.2 Å². The maximum absolute atomic E-state index is 11.4. The molecule has 1 heterocycles. The molecule has 0 aromatic heterocycles. The van der Waals surface area contributed by atoms with Gasteiger partial charge in [-0.15, -0.1) is 0 Å². The molecule has 1 saturated heterocycles. The summed E-state index contributed by atoms with van der Waals surface area (Å²) < 4.78 is 0. The number of piperidine rings is 1. The minimum atomic E-state index is 0.0946. The lowest BCUT2D eigenvalue weighted by molar-refractivity contribution is -0.128. The minimum absolute atomic E-state index is 0.0946. The summed E-state index contributed by atoms with van der Waals surface area (Å²) in [4.78, 5) is 15.5. The highest BCUT2D eigenvalue weighted by Crippen LogP contribution is 2.20. The summed E-state index contributed by atoms with van der Waals surface area (Å²) in [5.41, 5.74) is 2.33. The van der Waals surface area contributed by atoms with Gasteiger partial charge < -0.3 is 15.1 Å². The van der Waals surface area contributed by atoms with Crippen molar-refractivity contribution in [3.63, 3.8) is 0 Å². The predicted octanol–water partition coefficient (Wildman–Crippen LogP) is 2.17. The lowest BCUT2D eigenvalue weighted by Crippen LogP contribution is -2.40. The highest BCUT2D eigenvalue weighted by Gasteiger charge is 2.18. The summed E-state index contributed by atoms with van der Waals surface area (Å²) in [6, 6.07) is 8.78. The van der Waals surface area contributed by atoms with E-state index in [1.54, 1.807) is 11.8 Å². The van der Waals surface area contributed by atoms with E-state index in [0.29, 0.717) is 12.6 Å². The van der Waals surface area contributed by atoms with Crippen molar-refractivity contribution in [3.05, 3.63) is 29.8 Å². The maximum Gasteiger partial charge on any atom is 0.219 e. The van der Waals surface area contributed by atoms with E-state index in [9.17, 15) is 4.79 Å². The number of nitrogens with zero attached hydrogens (tertiary/aromatic N) is 2. The van der Waals surface area contributed by atoms with Crippen LogP contribution >= 0.6 is 0 Å². The van der Waals surface area contributed by atoms with Crippen LogP contribution in [0.5, 0.6) is 0 Å². The van der Waals surface area contributed by atoms with Crippen molar-refractivity contribution in [1.82, 2.24) is 9.80 Å². The molecule has 0 saturated carbocycles. The van der Waals surface area contributed by atoms with Gasteiger partial charge in [0, 0.05) is 38.8 Å². The van der Waals surface area contributed by atoms with Crippen LogP contribution in [0, 0.1) is 0 Å². The van der Waals surface area contributed by atoms with Gasteiger partial charge in [0.25, 0.3) is 0 Å². The molecule has 1 N–H and O–H groups in total. The van der Waals surface area contributed by atoms with Gasteiger partial charge >= 0.3 is 0 Å². The molecular formula is C16H25N3O. The van der Waals surface area contributed by atoms with Crippen molar-refractivity contribution in [1.29, 1.82) is 0 Å². The second kappa shape index (κ2) is 6.75. The second-order valence-electron chi connectivity index (χ2n) is 5.78. The van der Waals surface area contributed by atoms with Gasteiger partial charge in [-0.25, -0.2) is 0 Å². The van der Waals surface area contributed by atoms with Crippen LogP contribution in [-0.4, -0.2) is 48.9 Å². The molecule has 1 aromatic rings. The summed E-state index contributed by atoms with van der Waals surface area (Å²) in [5, 5.41) is 3.64. The molecule has 1 unspecified atom stereocenters. The van der Waals surface area contributed by atoms with E-state index >= 15 is 0 Å². The number of para-hydroxylation sites is 1. The van der Waals surface area contributed by atoms with E-state index in [0.717, 1.165) is 12.2 Å². The van der Waals surface area contributed by atoms with E-state index in [1.807, 2.05) is 19.2 Å². The third-order valence-corrected chi connectivity index (χ3v) is 3.95. The van der Waals surface area contributed by atoms with Crippen LogP contribution in [0.2, 0.25) is 0 Å². The van der Waals surface area contributed by atoms with Gasteiger partial charge in [-0.2, -0.15) is 0 Å². The average molecular weight is 275 g/mol. The van der Waals surface area contributed by atoms with Crippen LogP contribution in [0.25, 0.3) is 0 Å². The molecule has 20 heavy (non-hydrogen) atoms. The molecule has 0 aliphatic carbocycles. The molecule has 4 nitrogen and oxygen atoms in total. The maximum atomic E-state index is 11.4. The van der Waals surface area contributed by atoms with Crippen molar-refractivity contribution in [2.45, 2.75) is 32.4 Å². The molecule has 1 fully saturated rings. The number of hydrogen-bond donors (Lipinski definition) is 1. The highest BCUT2D eigenvalue weighted by molar-refractivity contribution is 5.73. The standard InChI is InChI=1S/C16H25N3O/c1-13(20)19(3)11-14-7-4-5-9-16(14)17-15-8-6-10-18(2)12-15/h4-5,7,9,15,17H,6,8,10-12H2,1-3H3. The normalized spacial score (nSPS) is 19.6. The zero-order chi connectivity index (χ0) is 14.5. The molecule has 1 atom stereocenters. The first-order valence-corrected chi connectivity index (χ1v) is 7.31. The number of rotatable bonds is 4. The summed E-state index contributed by atoms with van der Waals surface area (Å²) in [6.07, 6.45) is 2.45. The molecule has 4 heteroatoms. The molecule has 1 amide bonds. The molecule has 1 aliphatic rings. The summed E-state index contributed by atoms with van der Waals surface area (Å²) >= 11 is 0. The molecule has 1 aromatic carbocycles. The van der Waals surface area contributed by atoms with Crippen molar-refractivity contribution < 1.29 is 4.79 Å². The number of likely N-dealkylation sites (N-methyl/N-ethyl adjacent to an activating group) is 1. The van der Waals surface area contributed by atoms with E-state index in [2.05, 4.69) is 29.4 Å². The Bertz CT molecular complexity index is 461. The number of carbonyl (C=O) groups excluding carboxylic acids is 1. The zero-order valence-electron chi connectivity index (χ0n) is 12.7. The lowest BCUT2D eigenvalue weighted by Gasteiger charge is -2.31. The first-order chi connectivity index (χ1) is 9.56. The molecular weight excluding hydrogens is 250 g/mol. The second-order valence-corrected chi connectivity index (χ2v) is 5.78. The Kier molecular flexibility index (Phi) is 5.01. The summed E-state index contributed by atoms with van der Waals surface area (Å²) in [6.45, 7) is 4.52. The fourth-order valence-electron chi connectivity index (χ4n) is 2.67. The third kappa shape index (κ3) is 3.97. The Labute approximate surface area is 121 Å². The monoisotopic (exact) mass is 275 g/mol. The van der Waals surface area contributed by atoms with E-state index in [4.69, 9.17) is 0 Å². The number of carbonyl (C=O) groups is 1. The fraction of sp³-hybridized carbons (Fsp3) is 0.562. The Morgan fingerprint density at radius 3 is 2.90 bits per heavy atom. The number of likely N-dealkylation sites (tertiary alicyclic amines) is 1. The van der Waals surface area contributed by atoms with Gasteiger partial charge in [-0.05, 0) is 38.1 Å². The Morgan fingerprint density at radius 1 is 1.45 bits per heavy atom. The van der Waals surface area contributed by atoms with E-state index in [1.165, 1.54) is 24.9 Å².